The molecule has 21 heavy (non-hydrogen) atoms. The van der Waals surface area contributed by atoms with Crippen LogP contribution in [-0.2, 0) is 9.59 Å². The molecule has 1 aliphatic carbocycles. The lowest BCUT2D eigenvalue weighted by Crippen LogP contribution is -2.71. The number of hydrogen-bond acceptors (Lipinski definition) is 3. The van der Waals surface area contributed by atoms with Crippen LogP contribution < -0.4 is 0 Å². The molecule has 0 aromatic heterocycles. The molecule has 0 bridgehead atoms. The Morgan fingerprint density at radius 1 is 0.905 bits per heavy atom. The largest absolute Gasteiger partial charge is 0.480 e. The van der Waals surface area contributed by atoms with E-state index in [0.29, 0.717) is 6.42 Å². The zero-order valence-electron chi connectivity index (χ0n) is 13.8. The molecule has 0 spiro atoms. The van der Waals surface area contributed by atoms with Crippen LogP contribution >= 0.6 is 0 Å². The van der Waals surface area contributed by atoms with Crippen molar-refractivity contribution >= 4 is 11.9 Å². The van der Waals surface area contributed by atoms with Crippen molar-refractivity contribution < 1.29 is 24.9 Å². The lowest BCUT2D eigenvalue weighted by atomic mass is 9.36. The fourth-order valence-electron chi connectivity index (χ4n) is 4.70. The molecule has 0 amide bonds. The summed E-state index contributed by atoms with van der Waals surface area (Å²) < 4.78 is 0. The third kappa shape index (κ3) is 2.56. The highest BCUT2D eigenvalue weighted by atomic mass is 16.4. The van der Waals surface area contributed by atoms with Crippen molar-refractivity contribution in [1.82, 2.24) is 0 Å². The number of carboxylic acids is 2. The maximum absolute atomic E-state index is 12.0. The van der Waals surface area contributed by atoms with Gasteiger partial charge in [-0.25, -0.2) is 0 Å². The molecule has 1 fully saturated rings. The lowest BCUT2D eigenvalue weighted by Gasteiger charge is -2.65. The SMILES string of the molecule is CC(C)(C)C1C(CCO)C(C(C)(C)C)C1(C(=O)O)C(=O)O. The van der Waals surface area contributed by atoms with Gasteiger partial charge < -0.3 is 15.3 Å². The monoisotopic (exact) mass is 300 g/mol. The van der Waals surface area contributed by atoms with Gasteiger partial charge in [0.25, 0.3) is 0 Å². The van der Waals surface area contributed by atoms with Gasteiger partial charge in [-0.05, 0) is 35.0 Å². The third-order valence-electron chi connectivity index (χ3n) is 4.87. The summed E-state index contributed by atoms with van der Waals surface area (Å²) in [5.74, 6) is -3.64. The Bertz CT molecular complexity index is 389. The maximum atomic E-state index is 12.0. The van der Waals surface area contributed by atoms with E-state index >= 15 is 0 Å². The van der Waals surface area contributed by atoms with Crippen LogP contribution in [0.4, 0.5) is 0 Å². The van der Waals surface area contributed by atoms with Crippen molar-refractivity contribution in [3.63, 3.8) is 0 Å². The topological polar surface area (TPSA) is 94.8 Å². The summed E-state index contributed by atoms with van der Waals surface area (Å²) in [6, 6.07) is 0. The van der Waals surface area contributed by atoms with Crippen LogP contribution in [0.5, 0.6) is 0 Å². The quantitative estimate of drug-likeness (QED) is 0.693. The summed E-state index contributed by atoms with van der Waals surface area (Å²) in [6.45, 7) is 11.2. The molecular weight excluding hydrogens is 272 g/mol. The lowest BCUT2D eigenvalue weighted by molar-refractivity contribution is -0.236. The molecule has 1 saturated carbocycles. The Morgan fingerprint density at radius 3 is 1.43 bits per heavy atom. The second-order valence-corrected chi connectivity index (χ2v) is 8.34. The van der Waals surface area contributed by atoms with E-state index in [4.69, 9.17) is 0 Å². The minimum Gasteiger partial charge on any atom is -0.480 e. The van der Waals surface area contributed by atoms with E-state index in [1.165, 1.54) is 0 Å². The van der Waals surface area contributed by atoms with Crippen molar-refractivity contribution in [2.45, 2.75) is 48.0 Å². The van der Waals surface area contributed by atoms with Crippen molar-refractivity contribution in [2.75, 3.05) is 6.61 Å². The van der Waals surface area contributed by atoms with Crippen molar-refractivity contribution in [3.8, 4) is 0 Å². The fourth-order valence-corrected chi connectivity index (χ4v) is 4.70. The van der Waals surface area contributed by atoms with Gasteiger partial charge in [-0.15, -0.1) is 0 Å². The van der Waals surface area contributed by atoms with Gasteiger partial charge in [-0.3, -0.25) is 9.59 Å². The summed E-state index contributed by atoms with van der Waals surface area (Å²) in [5.41, 5.74) is -2.70. The number of carbonyl (C=O) groups is 2. The Morgan fingerprint density at radius 2 is 1.24 bits per heavy atom. The van der Waals surface area contributed by atoms with Crippen LogP contribution in [0.15, 0.2) is 0 Å². The van der Waals surface area contributed by atoms with Crippen LogP contribution in [0.1, 0.15) is 48.0 Å². The Labute approximate surface area is 126 Å². The molecule has 0 heterocycles. The molecule has 5 heteroatoms. The van der Waals surface area contributed by atoms with Gasteiger partial charge >= 0.3 is 11.9 Å². The third-order valence-corrected chi connectivity index (χ3v) is 4.87. The van der Waals surface area contributed by atoms with Gasteiger partial charge in [-0.1, -0.05) is 41.5 Å². The number of rotatable bonds is 4. The second-order valence-electron chi connectivity index (χ2n) is 8.34. The molecule has 0 aromatic carbocycles. The van der Waals surface area contributed by atoms with Crippen molar-refractivity contribution in [2.24, 2.45) is 34.0 Å². The molecule has 0 aliphatic heterocycles. The number of aliphatic carboxylic acids is 2. The molecule has 5 nitrogen and oxygen atoms in total. The van der Waals surface area contributed by atoms with E-state index in [0.717, 1.165) is 0 Å². The van der Waals surface area contributed by atoms with Gasteiger partial charge in [0.2, 0.25) is 0 Å². The summed E-state index contributed by atoms with van der Waals surface area (Å²) in [5, 5.41) is 28.8. The molecule has 0 radical (unpaired) electrons. The first kappa shape index (κ1) is 18.0. The van der Waals surface area contributed by atoms with Crippen LogP contribution in [0.2, 0.25) is 0 Å². The van der Waals surface area contributed by atoms with Gasteiger partial charge in [0, 0.05) is 6.61 Å². The molecule has 2 unspecified atom stereocenters. The van der Waals surface area contributed by atoms with Gasteiger partial charge in [0.05, 0.1) is 0 Å². The molecular formula is C16H28O5. The first-order valence-corrected chi connectivity index (χ1v) is 7.40. The first-order valence-electron chi connectivity index (χ1n) is 7.40. The van der Waals surface area contributed by atoms with E-state index in [1.54, 1.807) is 0 Å². The molecule has 1 aliphatic rings. The molecule has 1 rings (SSSR count). The van der Waals surface area contributed by atoms with Crippen LogP contribution in [0, 0.1) is 34.0 Å². The zero-order chi connectivity index (χ0) is 16.8. The normalized spacial score (nSPS) is 28.8. The Hall–Kier alpha value is -1.10. The maximum Gasteiger partial charge on any atom is 0.321 e. The van der Waals surface area contributed by atoms with E-state index in [2.05, 4.69) is 0 Å². The average Bonchev–Trinajstić information content (AvgIpc) is 2.17. The minimum atomic E-state index is -1.78. The van der Waals surface area contributed by atoms with Crippen LogP contribution in [-0.4, -0.2) is 33.9 Å². The van der Waals surface area contributed by atoms with E-state index in [9.17, 15) is 24.9 Å². The average molecular weight is 300 g/mol. The fraction of sp³-hybridized carbons (Fsp3) is 0.875. The first-order chi connectivity index (χ1) is 9.32. The van der Waals surface area contributed by atoms with Crippen molar-refractivity contribution in [3.05, 3.63) is 0 Å². The molecule has 122 valence electrons. The second kappa shape index (κ2) is 5.27. The highest BCUT2D eigenvalue weighted by Gasteiger charge is 2.75. The molecule has 0 aromatic rings. The highest BCUT2D eigenvalue weighted by Crippen LogP contribution is 2.68. The van der Waals surface area contributed by atoms with Crippen LogP contribution in [0.25, 0.3) is 0 Å². The van der Waals surface area contributed by atoms with E-state index < -0.39 is 40.0 Å². The Kier molecular flexibility index (Phi) is 4.50. The standard InChI is InChI=1S/C16H28O5/c1-14(2,3)10-9(7-8-17)11(15(4,5)6)16(10,12(18)19)13(20)21/h9-11,17H,7-8H2,1-6H3,(H,18,19)(H,20,21). The number of carboxylic acid groups (broad SMARTS) is 2. The molecule has 0 saturated heterocycles. The van der Waals surface area contributed by atoms with E-state index in [1.807, 2.05) is 41.5 Å². The smallest absolute Gasteiger partial charge is 0.321 e. The zero-order valence-corrected chi connectivity index (χ0v) is 13.8. The molecule has 3 N–H and O–H groups in total. The van der Waals surface area contributed by atoms with Gasteiger partial charge in [-0.2, -0.15) is 0 Å². The Balaban J connectivity index is 3.52. The van der Waals surface area contributed by atoms with E-state index in [-0.39, 0.29) is 12.5 Å². The van der Waals surface area contributed by atoms with Gasteiger partial charge in [0.1, 0.15) is 0 Å². The highest BCUT2D eigenvalue weighted by molar-refractivity contribution is 6.00. The predicted molar refractivity (Wildman–Crippen MR) is 78.8 cm³/mol. The minimum absolute atomic E-state index is 0.0564. The summed E-state index contributed by atoms with van der Waals surface area (Å²) >= 11 is 0. The predicted octanol–water partition coefficient (Wildman–Crippen LogP) is 2.48. The summed E-state index contributed by atoms with van der Waals surface area (Å²) in [6.07, 6.45) is 0.437. The number of aliphatic hydroxyl groups is 1. The number of aliphatic hydroxyl groups excluding tert-OH is 1. The summed E-state index contributed by atoms with van der Waals surface area (Å²) in [7, 11) is 0. The number of hydrogen-bond donors (Lipinski definition) is 3. The van der Waals surface area contributed by atoms with Gasteiger partial charge in [0.15, 0.2) is 5.41 Å². The van der Waals surface area contributed by atoms with Crippen molar-refractivity contribution in [1.29, 1.82) is 0 Å². The van der Waals surface area contributed by atoms with Crippen LogP contribution in [0.3, 0.4) is 0 Å². The molecule has 2 atom stereocenters. The summed E-state index contributed by atoms with van der Waals surface area (Å²) in [4.78, 5) is 23.9.